The van der Waals surface area contributed by atoms with Crippen molar-refractivity contribution in [2.45, 2.75) is 26.7 Å². The lowest BCUT2D eigenvalue weighted by molar-refractivity contribution is 0.0217. The molecule has 0 aliphatic carbocycles. The smallest absolute Gasteiger partial charge is 0.287 e. The molecule has 0 radical (unpaired) electrons. The highest BCUT2D eigenvalue weighted by molar-refractivity contribution is 6.01. The molecule has 0 unspecified atom stereocenters. The molecule has 82 valence electrons. The number of aryl methyl sites for hydroxylation is 2. The molecule has 1 nitrogen and oxygen atoms in total. The summed E-state index contributed by atoms with van der Waals surface area (Å²) in [7, 11) is 0. The third kappa shape index (κ3) is 2.37. The molecule has 0 atom stereocenters. The highest BCUT2D eigenvalue weighted by atomic mass is 19.3. The van der Waals surface area contributed by atoms with Gasteiger partial charge in [0.25, 0.3) is 0 Å². The van der Waals surface area contributed by atoms with Gasteiger partial charge in [0.05, 0.1) is 5.56 Å². The van der Waals surface area contributed by atoms with Crippen LogP contribution >= 0.6 is 0 Å². The summed E-state index contributed by atoms with van der Waals surface area (Å²) in [6.07, 6.45) is 0. The number of carbonyl (C=O) groups is 1. The van der Waals surface area contributed by atoms with Gasteiger partial charge in [-0.05, 0) is 31.0 Å². The fourth-order valence-electron chi connectivity index (χ4n) is 1.35. The van der Waals surface area contributed by atoms with Crippen LogP contribution in [-0.4, -0.2) is 11.7 Å². The fourth-order valence-corrected chi connectivity index (χ4v) is 1.35. The molecule has 0 N–H and O–H groups in total. The van der Waals surface area contributed by atoms with E-state index in [-0.39, 0.29) is 5.56 Å². The predicted molar refractivity (Wildman–Crippen MR) is 50.8 cm³/mol. The minimum Gasteiger partial charge on any atom is -0.287 e. The minimum absolute atomic E-state index is 0.197. The fraction of sp³-hybridized carbons (Fsp3) is 0.364. The maximum atomic E-state index is 13.4. The van der Waals surface area contributed by atoms with Gasteiger partial charge in [-0.3, -0.25) is 4.79 Å². The van der Waals surface area contributed by atoms with Crippen molar-refractivity contribution >= 4 is 5.78 Å². The minimum atomic E-state index is -3.54. The van der Waals surface area contributed by atoms with Crippen molar-refractivity contribution in [1.29, 1.82) is 0 Å². The van der Waals surface area contributed by atoms with Gasteiger partial charge in [0, 0.05) is 6.92 Å². The first-order chi connectivity index (χ1) is 6.73. The average molecular weight is 216 g/mol. The van der Waals surface area contributed by atoms with E-state index in [0.717, 1.165) is 6.07 Å². The quantitative estimate of drug-likeness (QED) is 0.693. The number of Topliss-reactive ketones (excluding diaryl/α,β-unsaturated/α-hetero) is 1. The van der Waals surface area contributed by atoms with Gasteiger partial charge < -0.3 is 0 Å². The molecular weight excluding hydrogens is 205 g/mol. The van der Waals surface area contributed by atoms with Gasteiger partial charge in [-0.25, -0.2) is 4.39 Å². The maximum Gasteiger partial charge on any atom is 0.307 e. The Morgan fingerprint density at radius 3 is 2.27 bits per heavy atom. The number of halogens is 3. The van der Waals surface area contributed by atoms with E-state index in [1.165, 1.54) is 13.0 Å². The Balaban J connectivity index is 3.32. The molecule has 4 heteroatoms. The van der Waals surface area contributed by atoms with Gasteiger partial charge >= 0.3 is 5.92 Å². The molecule has 0 amide bonds. The van der Waals surface area contributed by atoms with Crippen LogP contribution in [-0.2, 0) is 0 Å². The van der Waals surface area contributed by atoms with Crippen LogP contribution in [0.25, 0.3) is 0 Å². The van der Waals surface area contributed by atoms with E-state index in [9.17, 15) is 18.0 Å². The van der Waals surface area contributed by atoms with E-state index < -0.39 is 23.1 Å². The number of ketones is 1. The van der Waals surface area contributed by atoms with Gasteiger partial charge in [-0.1, -0.05) is 6.07 Å². The first-order valence-corrected chi connectivity index (χ1v) is 4.43. The number of carbonyl (C=O) groups excluding carboxylic acids is 1. The number of benzene rings is 1. The Bertz CT molecular complexity index is 405. The normalized spacial score (nSPS) is 11.6. The lowest BCUT2D eigenvalue weighted by Crippen LogP contribution is -2.25. The summed E-state index contributed by atoms with van der Waals surface area (Å²) < 4.78 is 38.9. The first kappa shape index (κ1) is 11.8. The highest BCUT2D eigenvalue weighted by Gasteiger charge is 2.35. The SMILES string of the molecule is Cc1cc(C)c(F)c(C(=O)C(C)(F)F)c1. The highest BCUT2D eigenvalue weighted by Crippen LogP contribution is 2.23. The van der Waals surface area contributed by atoms with Crippen LogP contribution in [0.15, 0.2) is 12.1 Å². The molecule has 0 aliphatic rings. The molecule has 0 saturated carbocycles. The average Bonchev–Trinajstić information content (AvgIpc) is 2.08. The largest absolute Gasteiger partial charge is 0.307 e. The molecule has 0 saturated heterocycles. The van der Waals surface area contributed by atoms with E-state index in [2.05, 4.69) is 0 Å². The Morgan fingerprint density at radius 1 is 1.27 bits per heavy atom. The Morgan fingerprint density at radius 2 is 1.80 bits per heavy atom. The predicted octanol–water partition coefficient (Wildman–Crippen LogP) is 3.28. The number of hydrogen-bond donors (Lipinski definition) is 0. The Hall–Kier alpha value is -1.32. The van der Waals surface area contributed by atoms with Gasteiger partial charge in [-0.15, -0.1) is 0 Å². The van der Waals surface area contributed by atoms with Gasteiger partial charge in [0.2, 0.25) is 5.78 Å². The molecule has 0 fully saturated rings. The van der Waals surface area contributed by atoms with Crippen LogP contribution in [0, 0.1) is 19.7 Å². The summed E-state index contributed by atoms with van der Waals surface area (Å²) in [5, 5.41) is 0. The number of hydrogen-bond acceptors (Lipinski definition) is 1. The molecule has 0 bridgehead atoms. The molecule has 0 heterocycles. The molecule has 0 aliphatic heterocycles. The van der Waals surface area contributed by atoms with Crippen molar-refractivity contribution < 1.29 is 18.0 Å². The second kappa shape index (κ2) is 3.68. The van der Waals surface area contributed by atoms with Gasteiger partial charge in [0.15, 0.2) is 0 Å². The molecule has 15 heavy (non-hydrogen) atoms. The van der Waals surface area contributed by atoms with Crippen LogP contribution in [0.1, 0.15) is 28.4 Å². The van der Waals surface area contributed by atoms with E-state index in [4.69, 9.17) is 0 Å². The zero-order valence-electron chi connectivity index (χ0n) is 8.70. The van der Waals surface area contributed by atoms with E-state index >= 15 is 0 Å². The van der Waals surface area contributed by atoms with Crippen molar-refractivity contribution in [3.05, 3.63) is 34.6 Å². The van der Waals surface area contributed by atoms with Crippen molar-refractivity contribution in [2.24, 2.45) is 0 Å². The van der Waals surface area contributed by atoms with Gasteiger partial charge in [0.1, 0.15) is 5.82 Å². The Kier molecular flexibility index (Phi) is 2.88. The molecule has 1 rings (SSSR count). The second-order valence-electron chi connectivity index (χ2n) is 3.66. The van der Waals surface area contributed by atoms with Crippen molar-refractivity contribution in [1.82, 2.24) is 0 Å². The monoisotopic (exact) mass is 216 g/mol. The molecule has 1 aromatic rings. The molecule has 1 aromatic carbocycles. The second-order valence-corrected chi connectivity index (χ2v) is 3.66. The van der Waals surface area contributed by atoms with Crippen molar-refractivity contribution in [3.63, 3.8) is 0 Å². The first-order valence-electron chi connectivity index (χ1n) is 4.43. The van der Waals surface area contributed by atoms with E-state index in [1.807, 2.05) is 0 Å². The summed E-state index contributed by atoms with van der Waals surface area (Å²) >= 11 is 0. The zero-order chi connectivity index (χ0) is 11.8. The Labute approximate surface area is 85.9 Å². The number of rotatable bonds is 2. The van der Waals surface area contributed by atoms with Crippen molar-refractivity contribution in [3.8, 4) is 0 Å². The van der Waals surface area contributed by atoms with Crippen LogP contribution in [0.5, 0.6) is 0 Å². The lowest BCUT2D eigenvalue weighted by atomic mass is 10.0. The topological polar surface area (TPSA) is 17.1 Å². The van der Waals surface area contributed by atoms with Gasteiger partial charge in [-0.2, -0.15) is 8.78 Å². The number of alkyl halides is 2. The summed E-state index contributed by atoms with van der Waals surface area (Å²) in [5.41, 5.74) is 0.240. The van der Waals surface area contributed by atoms with Crippen LogP contribution < -0.4 is 0 Å². The third-order valence-electron chi connectivity index (χ3n) is 2.04. The molecule has 0 aromatic heterocycles. The van der Waals surface area contributed by atoms with Crippen molar-refractivity contribution in [2.75, 3.05) is 0 Å². The molecule has 0 spiro atoms. The summed E-state index contributed by atoms with van der Waals surface area (Å²) in [6, 6.07) is 2.64. The molecular formula is C11H11F3O. The zero-order valence-corrected chi connectivity index (χ0v) is 8.70. The summed E-state index contributed by atoms with van der Waals surface area (Å²) in [5.74, 6) is -5.89. The standard InChI is InChI=1S/C11H11F3O/c1-6-4-7(2)9(12)8(5-6)10(15)11(3,13)14/h4-5H,1-3H3. The van der Waals surface area contributed by atoms with Crippen LogP contribution in [0.3, 0.4) is 0 Å². The maximum absolute atomic E-state index is 13.4. The van der Waals surface area contributed by atoms with Crippen LogP contribution in [0.2, 0.25) is 0 Å². The summed E-state index contributed by atoms with van der Waals surface area (Å²) in [6.45, 7) is 3.52. The van der Waals surface area contributed by atoms with E-state index in [1.54, 1.807) is 6.92 Å². The van der Waals surface area contributed by atoms with E-state index in [0.29, 0.717) is 12.5 Å². The lowest BCUT2D eigenvalue weighted by Gasteiger charge is -2.11. The third-order valence-corrected chi connectivity index (χ3v) is 2.04. The van der Waals surface area contributed by atoms with Crippen LogP contribution in [0.4, 0.5) is 13.2 Å². The summed E-state index contributed by atoms with van der Waals surface area (Å²) in [4.78, 5) is 11.2.